The predicted molar refractivity (Wildman–Crippen MR) is 64.9 cm³/mol. The Bertz CT molecular complexity index is 235. The minimum Gasteiger partial charge on any atom is -0.394 e. The van der Waals surface area contributed by atoms with Crippen molar-refractivity contribution in [2.45, 2.75) is 64.0 Å². The first-order valence-electron chi connectivity index (χ1n) is 6.49. The molecule has 1 rings (SSSR count). The minimum absolute atomic E-state index is 0.123. The third-order valence-electron chi connectivity index (χ3n) is 4.08. The van der Waals surface area contributed by atoms with Crippen molar-refractivity contribution in [3.63, 3.8) is 0 Å². The number of nitriles is 1. The smallest absolute Gasteiger partial charge is 0.0672 e. The first-order chi connectivity index (χ1) is 7.71. The lowest BCUT2D eigenvalue weighted by Crippen LogP contribution is -2.55. The van der Waals surface area contributed by atoms with Crippen LogP contribution >= 0.6 is 0 Å². The van der Waals surface area contributed by atoms with Crippen LogP contribution in [-0.4, -0.2) is 23.3 Å². The zero-order valence-corrected chi connectivity index (χ0v) is 10.5. The molecule has 0 bridgehead atoms. The molecule has 0 radical (unpaired) electrons. The van der Waals surface area contributed by atoms with Gasteiger partial charge in [0.25, 0.3) is 0 Å². The molecular weight excluding hydrogens is 200 g/mol. The van der Waals surface area contributed by atoms with Crippen molar-refractivity contribution >= 4 is 0 Å². The molecule has 1 aliphatic carbocycles. The molecule has 1 saturated carbocycles. The van der Waals surface area contributed by atoms with Gasteiger partial charge < -0.3 is 10.4 Å². The molecule has 0 aromatic carbocycles. The number of nitrogens with zero attached hydrogens (tertiary/aromatic N) is 1. The lowest BCUT2D eigenvalue weighted by atomic mass is 9.82. The van der Waals surface area contributed by atoms with Crippen LogP contribution in [0.5, 0.6) is 0 Å². The summed E-state index contributed by atoms with van der Waals surface area (Å²) in [5.41, 5.74) is -0.183. The standard InChI is InChI=1S/C13H24N2O/c1-3-13(4-2,10-16)15-12-8-6-5-7-11(12)9-14/h11-12,15-16H,3-8,10H2,1-2H3. The van der Waals surface area contributed by atoms with Gasteiger partial charge in [0.05, 0.1) is 18.6 Å². The van der Waals surface area contributed by atoms with Crippen LogP contribution in [0.25, 0.3) is 0 Å². The second-order valence-electron chi connectivity index (χ2n) is 4.92. The quantitative estimate of drug-likeness (QED) is 0.752. The summed E-state index contributed by atoms with van der Waals surface area (Å²) >= 11 is 0. The molecule has 2 unspecified atom stereocenters. The van der Waals surface area contributed by atoms with Crippen molar-refractivity contribution in [2.24, 2.45) is 5.92 Å². The van der Waals surface area contributed by atoms with Crippen LogP contribution in [0.15, 0.2) is 0 Å². The molecule has 1 aliphatic rings. The van der Waals surface area contributed by atoms with Crippen LogP contribution in [0.1, 0.15) is 52.4 Å². The van der Waals surface area contributed by atoms with E-state index in [9.17, 15) is 5.11 Å². The molecule has 2 N–H and O–H groups in total. The fraction of sp³-hybridized carbons (Fsp3) is 0.923. The highest BCUT2D eigenvalue weighted by Crippen LogP contribution is 2.27. The van der Waals surface area contributed by atoms with Crippen molar-refractivity contribution in [1.82, 2.24) is 5.32 Å². The molecule has 0 aliphatic heterocycles. The molecule has 3 heteroatoms. The molecule has 0 aromatic heterocycles. The molecule has 92 valence electrons. The summed E-state index contributed by atoms with van der Waals surface area (Å²) in [6.45, 7) is 4.35. The van der Waals surface area contributed by atoms with Crippen LogP contribution in [-0.2, 0) is 0 Å². The number of aliphatic hydroxyl groups excluding tert-OH is 1. The van der Waals surface area contributed by atoms with E-state index in [4.69, 9.17) is 5.26 Å². The molecule has 0 aromatic rings. The van der Waals surface area contributed by atoms with E-state index in [-0.39, 0.29) is 24.1 Å². The van der Waals surface area contributed by atoms with Gasteiger partial charge in [-0.05, 0) is 25.7 Å². The maximum absolute atomic E-state index is 9.52. The highest BCUT2D eigenvalue weighted by atomic mass is 16.3. The maximum atomic E-state index is 9.52. The Kier molecular flexibility index (Phi) is 5.24. The SMILES string of the molecule is CCC(CC)(CO)NC1CCCCC1C#N. The van der Waals surface area contributed by atoms with E-state index in [1.807, 2.05) is 0 Å². The second kappa shape index (κ2) is 6.22. The number of aliphatic hydroxyl groups is 1. The second-order valence-corrected chi connectivity index (χ2v) is 4.92. The fourth-order valence-electron chi connectivity index (χ4n) is 2.57. The fourth-order valence-corrected chi connectivity index (χ4v) is 2.57. The summed E-state index contributed by atoms with van der Waals surface area (Å²) in [5.74, 6) is 0.123. The number of nitrogens with one attached hydrogen (secondary N) is 1. The molecule has 1 fully saturated rings. The summed E-state index contributed by atoms with van der Waals surface area (Å²) in [6.07, 6.45) is 6.26. The van der Waals surface area contributed by atoms with E-state index < -0.39 is 0 Å². The van der Waals surface area contributed by atoms with Gasteiger partial charge in [-0.15, -0.1) is 0 Å². The lowest BCUT2D eigenvalue weighted by molar-refractivity contribution is 0.120. The summed E-state index contributed by atoms with van der Waals surface area (Å²) < 4.78 is 0. The van der Waals surface area contributed by atoms with E-state index >= 15 is 0 Å². The zero-order chi connectivity index (χ0) is 12.0. The van der Waals surface area contributed by atoms with E-state index in [0.29, 0.717) is 0 Å². The summed E-state index contributed by atoms with van der Waals surface area (Å²) in [6, 6.07) is 2.67. The Labute approximate surface area is 98.8 Å². The van der Waals surface area contributed by atoms with Gasteiger partial charge in [-0.25, -0.2) is 0 Å². The molecule has 2 atom stereocenters. The van der Waals surface area contributed by atoms with Crippen LogP contribution in [0, 0.1) is 17.2 Å². The molecule has 16 heavy (non-hydrogen) atoms. The van der Waals surface area contributed by atoms with Crippen molar-refractivity contribution in [3.8, 4) is 6.07 Å². The molecule has 3 nitrogen and oxygen atoms in total. The lowest BCUT2D eigenvalue weighted by Gasteiger charge is -2.39. The summed E-state index contributed by atoms with van der Waals surface area (Å²) in [7, 11) is 0. The Morgan fingerprint density at radius 3 is 2.44 bits per heavy atom. The van der Waals surface area contributed by atoms with Gasteiger partial charge in [0.2, 0.25) is 0 Å². The van der Waals surface area contributed by atoms with Gasteiger partial charge in [0.15, 0.2) is 0 Å². The van der Waals surface area contributed by atoms with Gasteiger partial charge in [0, 0.05) is 11.6 Å². The first kappa shape index (κ1) is 13.5. The highest BCUT2D eigenvalue weighted by molar-refractivity contribution is 4.99. The third kappa shape index (κ3) is 2.96. The zero-order valence-electron chi connectivity index (χ0n) is 10.5. The highest BCUT2D eigenvalue weighted by Gasteiger charge is 2.33. The first-order valence-corrected chi connectivity index (χ1v) is 6.49. The average molecular weight is 224 g/mol. The topological polar surface area (TPSA) is 56.0 Å². The average Bonchev–Trinajstić information content (AvgIpc) is 2.36. The maximum Gasteiger partial charge on any atom is 0.0672 e. The van der Waals surface area contributed by atoms with E-state index in [1.54, 1.807) is 0 Å². The van der Waals surface area contributed by atoms with Gasteiger partial charge in [-0.1, -0.05) is 26.7 Å². The molecule has 0 amide bonds. The van der Waals surface area contributed by atoms with Gasteiger partial charge >= 0.3 is 0 Å². The summed E-state index contributed by atoms with van der Waals surface area (Å²) in [5, 5.41) is 22.2. The molecule has 0 heterocycles. The Balaban J connectivity index is 2.65. The Hall–Kier alpha value is -0.590. The van der Waals surface area contributed by atoms with Crippen molar-refractivity contribution in [1.29, 1.82) is 5.26 Å². The van der Waals surface area contributed by atoms with Crippen LogP contribution in [0.3, 0.4) is 0 Å². The Morgan fingerprint density at radius 1 is 1.31 bits per heavy atom. The van der Waals surface area contributed by atoms with E-state index in [2.05, 4.69) is 25.2 Å². The van der Waals surface area contributed by atoms with Crippen molar-refractivity contribution in [3.05, 3.63) is 0 Å². The van der Waals surface area contributed by atoms with Gasteiger partial charge in [-0.3, -0.25) is 0 Å². The predicted octanol–water partition coefficient (Wildman–Crippen LogP) is 2.21. The van der Waals surface area contributed by atoms with Crippen LogP contribution in [0.2, 0.25) is 0 Å². The van der Waals surface area contributed by atoms with Crippen molar-refractivity contribution in [2.75, 3.05) is 6.61 Å². The van der Waals surface area contributed by atoms with Gasteiger partial charge in [0.1, 0.15) is 0 Å². The Morgan fingerprint density at radius 2 is 1.94 bits per heavy atom. The summed E-state index contributed by atoms with van der Waals surface area (Å²) in [4.78, 5) is 0. The third-order valence-corrected chi connectivity index (χ3v) is 4.08. The number of rotatable bonds is 5. The molecule has 0 saturated heterocycles. The molecule has 0 spiro atoms. The monoisotopic (exact) mass is 224 g/mol. The van der Waals surface area contributed by atoms with Crippen LogP contribution < -0.4 is 5.32 Å². The van der Waals surface area contributed by atoms with Gasteiger partial charge in [-0.2, -0.15) is 5.26 Å². The van der Waals surface area contributed by atoms with Crippen LogP contribution in [0.4, 0.5) is 0 Å². The normalized spacial score (nSPS) is 26.4. The molecular formula is C13H24N2O. The van der Waals surface area contributed by atoms with E-state index in [0.717, 1.165) is 25.7 Å². The largest absolute Gasteiger partial charge is 0.394 e. The number of hydrogen-bond acceptors (Lipinski definition) is 3. The minimum atomic E-state index is -0.183. The number of hydrogen-bond donors (Lipinski definition) is 2. The van der Waals surface area contributed by atoms with E-state index in [1.165, 1.54) is 12.8 Å². The van der Waals surface area contributed by atoms with Crippen molar-refractivity contribution < 1.29 is 5.11 Å².